The molecule has 3 nitrogen and oxygen atoms in total. The predicted octanol–water partition coefficient (Wildman–Crippen LogP) is 5.89. The molecular formula is C21H45NO2Si. The van der Waals surface area contributed by atoms with Crippen LogP contribution in [0.5, 0.6) is 0 Å². The molecule has 1 fully saturated rings. The molecule has 0 aromatic carbocycles. The fourth-order valence-electron chi connectivity index (χ4n) is 4.60. The summed E-state index contributed by atoms with van der Waals surface area (Å²) in [6, 6.07) is 1.27. The molecule has 0 aromatic heterocycles. The molecule has 1 saturated heterocycles. The summed E-state index contributed by atoms with van der Waals surface area (Å²) in [7, 11) is -1.48. The predicted molar refractivity (Wildman–Crippen MR) is 112 cm³/mol. The molecule has 0 spiro atoms. The highest BCUT2D eigenvalue weighted by molar-refractivity contribution is 6.71. The van der Waals surface area contributed by atoms with E-state index in [1.807, 2.05) is 0 Å². The lowest BCUT2D eigenvalue weighted by molar-refractivity contribution is -0.0250. The van der Waals surface area contributed by atoms with Gasteiger partial charge in [0.05, 0.1) is 6.10 Å². The van der Waals surface area contributed by atoms with Gasteiger partial charge >= 0.3 is 0 Å². The zero-order chi connectivity index (χ0) is 19.1. The lowest BCUT2D eigenvalue weighted by Crippen LogP contribution is -2.59. The van der Waals surface area contributed by atoms with Crippen LogP contribution in [0.3, 0.4) is 0 Å². The summed E-state index contributed by atoms with van der Waals surface area (Å²) >= 11 is 0. The molecule has 1 rings (SSSR count). The van der Waals surface area contributed by atoms with Crippen LogP contribution >= 0.6 is 0 Å². The molecule has 1 aliphatic heterocycles. The summed E-state index contributed by atoms with van der Waals surface area (Å²) < 4.78 is 12.8. The third-order valence-corrected chi connectivity index (χ3v) is 7.80. The van der Waals surface area contributed by atoms with Crippen LogP contribution in [0.4, 0.5) is 0 Å². The van der Waals surface area contributed by atoms with Crippen molar-refractivity contribution in [2.24, 2.45) is 0 Å². The maximum Gasteiger partial charge on any atom is 0.187 e. The van der Waals surface area contributed by atoms with Gasteiger partial charge in [-0.05, 0) is 78.9 Å². The highest BCUT2D eigenvalue weighted by atomic mass is 28.4. The van der Waals surface area contributed by atoms with Gasteiger partial charge in [-0.3, -0.25) is 0 Å². The van der Waals surface area contributed by atoms with Gasteiger partial charge in [-0.15, -0.1) is 0 Å². The van der Waals surface area contributed by atoms with Gasteiger partial charge in [-0.2, -0.15) is 0 Å². The molecular weight excluding hydrogens is 326 g/mol. The molecule has 0 amide bonds. The number of piperidine rings is 1. The lowest BCUT2D eigenvalue weighted by Gasteiger charge is -2.46. The van der Waals surface area contributed by atoms with E-state index >= 15 is 0 Å². The summed E-state index contributed by atoms with van der Waals surface area (Å²) in [5.41, 5.74) is 0.325. The first kappa shape index (κ1) is 23.1. The first-order valence-electron chi connectivity index (χ1n) is 10.6. The zero-order valence-corrected chi connectivity index (χ0v) is 19.3. The SMILES string of the molecule is CCCC(CCCOC1CC(C)(C)NC(C)(C)C1)O[Si](C)(C)CCC. The van der Waals surface area contributed by atoms with Crippen LogP contribution in [-0.2, 0) is 9.16 Å². The van der Waals surface area contributed by atoms with Gasteiger partial charge in [0.1, 0.15) is 0 Å². The number of rotatable bonds is 11. The van der Waals surface area contributed by atoms with Crippen LogP contribution in [0.1, 0.15) is 86.5 Å². The van der Waals surface area contributed by atoms with Crippen LogP contribution in [0.15, 0.2) is 0 Å². The molecule has 0 aliphatic carbocycles. The Morgan fingerprint density at radius 3 is 2.12 bits per heavy atom. The van der Waals surface area contributed by atoms with Crippen molar-refractivity contribution in [1.29, 1.82) is 0 Å². The molecule has 150 valence electrons. The van der Waals surface area contributed by atoms with E-state index in [1.165, 1.54) is 25.3 Å². The van der Waals surface area contributed by atoms with Gasteiger partial charge < -0.3 is 14.5 Å². The summed E-state index contributed by atoms with van der Waals surface area (Å²) in [5.74, 6) is 0. The Balaban J connectivity index is 2.38. The molecule has 25 heavy (non-hydrogen) atoms. The summed E-state index contributed by atoms with van der Waals surface area (Å²) in [5, 5.41) is 3.73. The summed E-state index contributed by atoms with van der Waals surface area (Å²) in [6.07, 6.45) is 8.90. The van der Waals surface area contributed by atoms with E-state index in [-0.39, 0.29) is 11.1 Å². The summed E-state index contributed by atoms with van der Waals surface area (Å²) in [6.45, 7) is 19.3. The van der Waals surface area contributed by atoms with Gasteiger partial charge in [0, 0.05) is 23.8 Å². The average molecular weight is 372 g/mol. The standard InChI is InChI=1S/C21H45NO2Si/c1-9-12-18(24-25(7,8)15-10-2)13-11-14-23-19-16-20(3,4)22-21(5,6)17-19/h18-19,22H,9-17H2,1-8H3. The Morgan fingerprint density at radius 1 is 1.00 bits per heavy atom. The van der Waals surface area contributed by atoms with E-state index in [9.17, 15) is 0 Å². The topological polar surface area (TPSA) is 30.5 Å². The first-order valence-corrected chi connectivity index (χ1v) is 13.7. The van der Waals surface area contributed by atoms with Gasteiger partial charge in [0.25, 0.3) is 0 Å². The smallest absolute Gasteiger partial charge is 0.187 e. The first-order chi connectivity index (χ1) is 11.5. The van der Waals surface area contributed by atoms with Crippen LogP contribution in [-0.4, -0.2) is 38.2 Å². The molecule has 0 radical (unpaired) electrons. The van der Waals surface area contributed by atoms with Gasteiger partial charge in [0.15, 0.2) is 8.32 Å². The van der Waals surface area contributed by atoms with E-state index < -0.39 is 8.32 Å². The van der Waals surface area contributed by atoms with Gasteiger partial charge in [0.2, 0.25) is 0 Å². The zero-order valence-electron chi connectivity index (χ0n) is 18.3. The van der Waals surface area contributed by atoms with Crippen molar-refractivity contribution in [3.05, 3.63) is 0 Å². The van der Waals surface area contributed by atoms with E-state index in [0.717, 1.165) is 32.3 Å². The van der Waals surface area contributed by atoms with Crippen LogP contribution < -0.4 is 5.32 Å². The van der Waals surface area contributed by atoms with E-state index in [0.29, 0.717) is 12.2 Å². The maximum absolute atomic E-state index is 6.55. The van der Waals surface area contributed by atoms with E-state index in [1.54, 1.807) is 0 Å². The number of hydrogen-bond acceptors (Lipinski definition) is 3. The van der Waals surface area contributed by atoms with Crippen molar-refractivity contribution in [2.45, 2.75) is 129 Å². The molecule has 1 unspecified atom stereocenters. The molecule has 0 aromatic rings. The van der Waals surface area contributed by atoms with Crippen LogP contribution in [0.2, 0.25) is 19.1 Å². The quantitative estimate of drug-likeness (QED) is 0.363. The minimum Gasteiger partial charge on any atom is -0.414 e. The van der Waals surface area contributed by atoms with E-state index in [4.69, 9.17) is 9.16 Å². The van der Waals surface area contributed by atoms with Crippen molar-refractivity contribution in [3.8, 4) is 0 Å². The summed E-state index contributed by atoms with van der Waals surface area (Å²) in [4.78, 5) is 0. The highest BCUT2D eigenvalue weighted by Crippen LogP contribution is 2.30. The monoisotopic (exact) mass is 371 g/mol. The molecule has 0 saturated carbocycles. The third kappa shape index (κ3) is 9.55. The number of hydrogen-bond donors (Lipinski definition) is 1. The Labute approximate surface area is 158 Å². The Kier molecular flexibility index (Phi) is 9.13. The van der Waals surface area contributed by atoms with Crippen LogP contribution in [0.25, 0.3) is 0 Å². The Bertz CT molecular complexity index is 366. The minimum atomic E-state index is -1.48. The van der Waals surface area contributed by atoms with Crippen molar-refractivity contribution >= 4 is 8.32 Å². The molecule has 1 atom stereocenters. The van der Waals surface area contributed by atoms with Crippen molar-refractivity contribution < 1.29 is 9.16 Å². The second kappa shape index (κ2) is 9.87. The van der Waals surface area contributed by atoms with Crippen molar-refractivity contribution in [3.63, 3.8) is 0 Å². The third-order valence-electron chi connectivity index (χ3n) is 5.13. The Morgan fingerprint density at radius 2 is 1.60 bits per heavy atom. The largest absolute Gasteiger partial charge is 0.414 e. The van der Waals surface area contributed by atoms with Crippen molar-refractivity contribution in [1.82, 2.24) is 5.32 Å². The van der Waals surface area contributed by atoms with Gasteiger partial charge in [-0.25, -0.2) is 0 Å². The van der Waals surface area contributed by atoms with Crippen molar-refractivity contribution in [2.75, 3.05) is 6.61 Å². The lowest BCUT2D eigenvalue weighted by atomic mass is 9.81. The van der Waals surface area contributed by atoms with Crippen LogP contribution in [0, 0.1) is 0 Å². The van der Waals surface area contributed by atoms with Gasteiger partial charge in [-0.1, -0.05) is 26.7 Å². The maximum atomic E-state index is 6.55. The number of nitrogens with one attached hydrogen (secondary N) is 1. The Hall–Kier alpha value is 0.0969. The second-order valence-corrected chi connectivity index (χ2v) is 14.2. The second-order valence-electron chi connectivity index (χ2n) is 9.97. The molecule has 4 heteroatoms. The normalized spacial score (nSPS) is 22.1. The average Bonchev–Trinajstić information content (AvgIpc) is 2.39. The number of ether oxygens (including phenoxy) is 1. The highest BCUT2D eigenvalue weighted by Gasteiger charge is 2.38. The molecule has 1 aliphatic rings. The van der Waals surface area contributed by atoms with E-state index in [2.05, 4.69) is 60.0 Å². The molecule has 1 N–H and O–H groups in total. The fourth-order valence-corrected chi connectivity index (χ4v) is 7.06. The fraction of sp³-hybridized carbons (Fsp3) is 1.00. The molecule has 1 heterocycles. The minimum absolute atomic E-state index is 0.163. The molecule has 0 bridgehead atoms.